The number of hydrogen-bond acceptors (Lipinski definition) is 3. The molecule has 21 heavy (non-hydrogen) atoms. The number of pyridine rings is 2. The molecule has 102 valence electrons. The normalized spacial score (nSPS) is 11.1. The SMILES string of the molecule is Cc1ccc2nc(-c3ccc(-n4cccn4)nc3)cn2c1. The molecule has 0 saturated heterocycles. The van der Waals surface area contributed by atoms with Gasteiger partial charge >= 0.3 is 0 Å². The Hall–Kier alpha value is -2.95. The molecule has 0 bridgehead atoms. The fraction of sp³-hybridized carbons (Fsp3) is 0.0625. The quantitative estimate of drug-likeness (QED) is 0.565. The Morgan fingerprint density at radius 2 is 2.00 bits per heavy atom. The van der Waals surface area contributed by atoms with Crippen molar-refractivity contribution in [3.05, 3.63) is 66.9 Å². The zero-order valence-electron chi connectivity index (χ0n) is 11.5. The van der Waals surface area contributed by atoms with Crippen molar-refractivity contribution < 1.29 is 0 Å². The van der Waals surface area contributed by atoms with Gasteiger partial charge in [0.2, 0.25) is 0 Å². The minimum Gasteiger partial charge on any atom is -0.306 e. The monoisotopic (exact) mass is 275 g/mol. The Morgan fingerprint density at radius 1 is 1.05 bits per heavy atom. The summed E-state index contributed by atoms with van der Waals surface area (Å²) in [5.74, 6) is 0.795. The summed E-state index contributed by atoms with van der Waals surface area (Å²) in [4.78, 5) is 9.05. The zero-order valence-corrected chi connectivity index (χ0v) is 11.5. The van der Waals surface area contributed by atoms with Crippen LogP contribution in [0.25, 0.3) is 22.7 Å². The van der Waals surface area contributed by atoms with Crippen molar-refractivity contribution >= 4 is 5.65 Å². The summed E-state index contributed by atoms with van der Waals surface area (Å²) >= 11 is 0. The number of fused-ring (bicyclic) bond motifs is 1. The molecule has 0 spiro atoms. The summed E-state index contributed by atoms with van der Waals surface area (Å²) in [6.45, 7) is 2.07. The van der Waals surface area contributed by atoms with Crippen molar-refractivity contribution in [2.75, 3.05) is 0 Å². The third-order valence-corrected chi connectivity index (χ3v) is 3.38. The second-order valence-corrected chi connectivity index (χ2v) is 4.95. The molecule has 0 aliphatic rings. The molecule has 0 aliphatic heterocycles. The van der Waals surface area contributed by atoms with Gasteiger partial charge in [0.1, 0.15) is 5.65 Å². The van der Waals surface area contributed by atoms with Gasteiger partial charge in [0.25, 0.3) is 0 Å². The van der Waals surface area contributed by atoms with E-state index in [2.05, 4.69) is 34.3 Å². The highest BCUT2D eigenvalue weighted by molar-refractivity contribution is 5.62. The Labute approximate surface area is 121 Å². The molecule has 0 amide bonds. The van der Waals surface area contributed by atoms with E-state index in [0.717, 1.165) is 22.7 Å². The lowest BCUT2D eigenvalue weighted by Crippen LogP contribution is -1.97. The Morgan fingerprint density at radius 3 is 2.76 bits per heavy atom. The van der Waals surface area contributed by atoms with Crippen molar-refractivity contribution in [3.8, 4) is 17.1 Å². The lowest BCUT2D eigenvalue weighted by atomic mass is 10.2. The standard InChI is InChI=1S/C16H13N5/c1-12-3-5-16-19-14(11-20(16)10-12)13-4-6-15(17-9-13)21-8-2-7-18-21/h2-11H,1H3. The topological polar surface area (TPSA) is 48.0 Å². The maximum Gasteiger partial charge on any atom is 0.153 e. The maximum absolute atomic E-state index is 4.62. The third-order valence-electron chi connectivity index (χ3n) is 3.38. The van der Waals surface area contributed by atoms with E-state index >= 15 is 0 Å². The molecular weight excluding hydrogens is 262 g/mol. The molecule has 0 saturated carbocycles. The highest BCUT2D eigenvalue weighted by Gasteiger charge is 2.06. The van der Waals surface area contributed by atoms with E-state index < -0.39 is 0 Å². The number of aromatic nitrogens is 5. The summed E-state index contributed by atoms with van der Waals surface area (Å²) in [6, 6.07) is 9.91. The summed E-state index contributed by atoms with van der Waals surface area (Å²) < 4.78 is 3.77. The minimum atomic E-state index is 0.795. The van der Waals surface area contributed by atoms with Gasteiger partial charge < -0.3 is 4.40 Å². The summed E-state index contributed by atoms with van der Waals surface area (Å²) in [5.41, 5.74) is 4.05. The summed E-state index contributed by atoms with van der Waals surface area (Å²) in [7, 11) is 0. The van der Waals surface area contributed by atoms with Crippen LogP contribution in [-0.2, 0) is 0 Å². The van der Waals surface area contributed by atoms with Gasteiger partial charge in [-0.25, -0.2) is 14.6 Å². The molecule has 0 atom stereocenters. The maximum atomic E-state index is 4.62. The fourth-order valence-electron chi connectivity index (χ4n) is 2.32. The molecule has 0 fully saturated rings. The van der Waals surface area contributed by atoms with Crippen LogP contribution in [0.3, 0.4) is 0 Å². The van der Waals surface area contributed by atoms with Gasteiger partial charge in [0.05, 0.1) is 5.69 Å². The van der Waals surface area contributed by atoms with E-state index in [9.17, 15) is 0 Å². The molecule has 5 nitrogen and oxygen atoms in total. The van der Waals surface area contributed by atoms with Crippen LogP contribution in [0, 0.1) is 6.92 Å². The highest BCUT2D eigenvalue weighted by atomic mass is 15.3. The van der Waals surface area contributed by atoms with E-state index in [0.29, 0.717) is 0 Å². The molecule has 0 unspecified atom stereocenters. The van der Waals surface area contributed by atoms with E-state index in [-0.39, 0.29) is 0 Å². The van der Waals surface area contributed by atoms with Gasteiger partial charge in [-0.1, -0.05) is 6.07 Å². The van der Waals surface area contributed by atoms with Crippen molar-refractivity contribution in [2.24, 2.45) is 0 Å². The van der Waals surface area contributed by atoms with Crippen LogP contribution in [0.5, 0.6) is 0 Å². The van der Waals surface area contributed by atoms with Crippen molar-refractivity contribution in [1.82, 2.24) is 24.1 Å². The predicted molar refractivity (Wildman–Crippen MR) is 80.3 cm³/mol. The molecule has 0 radical (unpaired) electrons. The number of nitrogens with zero attached hydrogens (tertiary/aromatic N) is 5. The van der Waals surface area contributed by atoms with Gasteiger partial charge in [-0.15, -0.1) is 0 Å². The Bertz CT molecular complexity index is 888. The van der Waals surface area contributed by atoms with Crippen LogP contribution in [0.1, 0.15) is 5.56 Å². The van der Waals surface area contributed by atoms with Crippen LogP contribution in [0.4, 0.5) is 0 Å². The van der Waals surface area contributed by atoms with E-state index in [1.165, 1.54) is 5.56 Å². The Balaban J connectivity index is 1.74. The van der Waals surface area contributed by atoms with Gasteiger partial charge in [0, 0.05) is 36.5 Å². The summed E-state index contributed by atoms with van der Waals surface area (Å²) in [6.07, 6.45) is 9.52. The molecule has 4 aromatic heterocycles. The van der Waals surface area contributed by atoms with E-state index in [4.69, 9.17) is 0 Å². The smallest absolute Gasteiger partial charge is 0.153 e. The average Bonchev–Trinajstić information content (AvgIpc) is 3.16. The molecule has 0 aromatic carbocycles. The van der Waals surface area contributed by atoms with Crippen molar-refractivity contribution in [2.45, 2.75) is 6.92 Å². The van der Waals surface area contributed by atoms with Crippen molar-refractivity contribution in [3.63, 3.8) is 0 Å². The molecule has 5 heteroatoms. The minimum absolute atomic E-state index is 0.795. The first kappa shape index (κ1) is 11.8. The molecule has 4 heterocycles. The molecular formula is C16H13N5. The van der Waals surface area contributed by atoms with Gasteiger partial charge in [0.15, 0.2) is 5.82 Å². The fourth-order valence-corrected chi connectivity index (χ4v) is 2.32. The summed E-state index contributed by atoms with van der Waals surface area (Å²) in [5, 5.41) is 4.17. The largest absolute Gasteiger partial charge is 0.306 e. The highest BCUT2D eigenvalue weighted by Crippen LogP contribution is 2.19. The van der Waals surface area contributed by atoms with Gasteiger partial charge in [-0.2, -0.15) is 5.10 Å². The molecule has 0 N–H and O–H groups in total. The average molecular weight is 275 g/mol. The Kier molecular flexibility index (Phi) is 2.57. The van der Waals surface area contributed by atoms with Crippen LogP contribution in [-0.4, -0.2) is 24.1 Å². The third kappa shape index (κ3) is 2.08. The molecule has 4 aromatic rings. The molecule has 4 rings (SSSR count). The van der Waals surface area contributed by atoms with Crippen LogP contribution in [0.2, 0.25) is 0 Å². The molecule has 0 aliphatic carbocycles. The second kappa shape index (κ2) is 4.56. The first-order valence-electron chi connectivity index (χ1n) is 6.71. The predicted octanol–water partition coefficient (Wildman–Crippen LogP) is 2.89. The first-order chi connectivity index (χ1) is 10.3. The lowest BCUT2D eigenvalue weighted by Gasteiger charge is -2.01. The van der Waals surface area contributed by atoms with Crippen LogP contribution < -0.4 is 0 Å². The van der Waals surface area contributed by atoms with Gasteiger partial charge in [-0.05, 0) is 36.8 Å². The van der Waals surface area contributed by atoms with Gasteiger partial charge in [-0.3, -0.25) is 0 Å². The number of hydrogen-bond donors (Lipinski definition) is 0. The lowest BCUT2D eigenvalue weighted by molar-refractivity contribution is 0.847. The van der Waals surface area contributed by atoms with E-state index in [1.54, 1.807) is 10.9 Å². The number of rotatable bonds is 2. The van der Waals surface area contributed by atoms with Crippen LogP contribution in [0.15, 0.2) is 61.3 Å². The first-order valence-corrected chi connectivity index (χ1v) is 6.71. The van der Waals surface area contributed by atoms with E-state index in [1.807, 2.05) is 47.3 Å². The second-order valence-electron chi connectivity index (χ2n) is 4.95. The zero-order chi connectivity index (χ0) is 14.2. The number of aryl methyl sites for hydroxylation is 1. The van der Waals surface area contributed by atoms with Crippen LogP contribution >= 0.6 is 0 Å². The number of imidazole rings is 1. The van der Waals surface area contributed by atoms with Crippen molar-refractivity contribution in [1.29, 1.82) is 0 Å².